The fourth-order valence-electron chi connectivity index (χ4n) is 8.31. The zero-order valence-corrected chi connectivity index (χ0v) is 21.2. The first kappa shape index (κ1) is 23.8. The van der Waals surface area contributed by atoms with Crippen LogP contribution in [0.5, 0.6) is 5.75 Å². The molecule has 198 valence electrons. The topological polar surface area (TPSA) is 49.4 Å². The number of likely N-dealkylation sites (tertiary alicyclic amines) is 1. The van der Waals surface area contributed by atoms with Crippen LogP contribution in [0.4, 0.5) is 4.39 Å². The molecule has 36 heavy (non-hydrogen) atoms. The van der Waals surface area contributed by atoms with Crippen molar-refractivity contribution in [2.45, 2.75) is 94.3 Å². The predicted octanol–water partition coefficient (Wildman–Crippen LogP) is 5.92. The van der Waals surface area contributed by atoms with Gasteiger partial charge in [0.15, 0.2) is 0 Å². The zero-order valence-electron chi connectivity index (χ0n) is 21.2. The molecule has 8 rings (SSSR count). The second-order valence-electron chi connectivity index (χ2n) is 12.5. The third kappa shape index (κ3) is 4.39. The van der Waals surface area contributed by atoms with Gasteiger partial charge in [0.2, 0.25) is 11.6 Å². The fourth-order valence-corrected chi connectivity index (χ4v) is 8.31. The van der Waals surface area contributed by atoms with Crippen molar-refractivity contribution < 1.29 is 28.7 Å². The molecule has 1 atom stereocenters. The molecule has 0 amide bonds. The summed E-state index contributed by atoms with van der Waals surface area (Å²) in [5.74, 6) is 2.17. The normalized spacial score (nSPS) is 42.9. The number of nitrogens with zero attached hydrogens (tertiary/aromatic N) is 1. The van der Waals surface area contributed by atoms with E-state index in [4.69, 9.17) is 24.3 Å². The van der Waals surface area contributed by atoms with Crippen LogP contribution in [-0.4, -0.2) is 48.9 Å². The molecule has 0 aromatic heterocycles. The summed E-state index contributed by atoms with van der Waals surface area (Å²) in [6, 6.07) is 8.45. The standard InChI is InChI=1S/C29H40FNO5/c30-26-7-10-31(11-8-26)12-13-32-27-5-3-22(4-6-27)23-2-1-9-28(19-23)33-35-29(36-34-28)24-15-20-14-21(17-24)18-25(29)16-20/h3-6,20-21,23-26H,1-2,7-19H2/t20?,21?,23-,24?,25?,28?,29?/m1/s1. The van der Waals surface area contributed by atoms with Gasteiger partial charge in [0.05, 0.1) is 0 Å². The van der Waals surface area contributed by atoms with E-state index in [1.54, 1.807) is 0 Å². The molecular formula is C29H40FNO5. The molecule has 0 N–H and O–H groups in total. The Morgan fingerprint density at radius 3 is 2.19 bits per heavy atom. The number of ether oxygens (including phenoxy) is 1. The number of piperidine rings is 1. The average molecular weight is 502 g/mol. The molecule has 1 aromatic carbocycles. The van der Waals surface area contributed by atoms with E-state index < -0.39 is 17.7 Å². The Kier molecular flexibility index (Phi) is 6.29. The third-order valence-corrected chi connectivity index (χ3v) is 10.1. The second-order valence-corrected chi connectivity index (χ2v) is 12.5. The van der Waals surface area contributed by atoms with Crippen molar-refractivity contribution in [1.82, 2.24) is 4.90 Å². The number of alkyl halides is 1. The van der Waals surface area contributed by atoms with Crippen LogP contribution < -0.4 is 4.74 Å². The number of rotatable bonds is 5. The SMILES string of the molecule is FC1CCN(CCOc2ccc([C@@H]3CCCC4(C3)OOC3(OO4)C4CC5CC(C4)CC3C5)cc2)CC1. The molecule has 5 aliphatic carbocycles. The maximum absolute atomic E-state index is 13.3. The van der Waals surface area contributed by atoms with Crippen LogP contribution in [0.2, 0.25) is 0 Å². The van der Waals surface area contributed by atoms with Crippen molar-refractivity contribution in [2.75, 3.05) is 26.2 Å². The summed E-state index contributed by atoms with van der Waals surface area (Å²) < 4.78 is 19.3. The first-order valence-electron chi connectivity index (χ1n) is 14.4. The first-order chi connectivity index (χ1) is 17.6. The van der Waals surface area contributed by atoms with Gasteiger partial charge in [-0.1, -0.05) is 12.1 Å². The van der Waals surface area contributed by atoms with Gasteiger partial charge >= 0.3 is 0 Å². The van der Waals surface area contributed by atoms with Gasteiger partial charge in [0.1, 0.15) is 18.5 Å². The highest BCUT2D eigenvalue weighted by atomic mass is 19.1. The summed E-state index contributed by atoms with van der Waals surface area (Å²) in [7, 11) is 0. The summed E-state index contributed by atoms with van der Waals surface area (Å²) in [4.78, 5) is 27.1. The van der Waals surface area contributed by atoms with Crippen LogP contribution in [0.15, 0.2) is 24.3 Å². The van der Waals surface area contributed by atoms with Gasteiger partial charge in [-0.15, -0.1) is 0 Å². The summed E-state index contributed by atoms with van der Waals surface area (Å²) in [6.45, 7) is 3.13. The Morgan fingerprint density at radius 1 is 0.861 bits per heavy atom. The summed E-state index contributed by atoms with van der Waals surface area (Å²) >= 11 is 0. The van der Waals surface area contributed by atoms with Gasteiger partial charge in [0, 0.05) is 44.3 Å². The van der Waals surface area contributed by atoms with E-state index in [0.29, 0.717) is 37.2 Å². The van der Waals surface area contributed by atoms with Crippen molar-refractivity contribution in [2.24, 2.45) is 23.7 Å². The minimum atomic E-state index is -0.814. The molecule has 2 spiro atoms. The lowest BCUT2D eigenvalue weighted by Gasteiger charge is -2.60. The Labute approximate surface area is 213 Å². The lowest BCUT2D eigenvalue weighted by molar-refractivity contribution is -0.680. The van der Waals surface area contributed by atoms with Crippen molar-refractivity contribution >= 4 is 0 Å². The molecule has 7 aliphatic rings. The van der Waals surface area contributed by atoms with Gasteiger partial charge in [0.25, 0.3) is 0 Å². The highest BCUT2D eigenvalue weighted by Gasteiger charge is 2.64. The molecule has 4 bridgehead atoms. The second kappa shape index (κ2) is 9.49. The highest BCUT2D eigenvalue weighted by Crippen LogP contribution is 2.62. The van der Waals surface area contributed by atoms with Crippen LogP contribution in [0.3, 0.4) is 0 Å². The maximum Gasteiger partial charge on any atom is 0.239 e. The minimum absolute atomic E-state index is 0.328. The summed E-state index contributed by atoms with van der Waals surface area (Å²) in [5, 5.41) is 0. The van der Waals surface area contributed by atoms with E-state index in [-0.39, 0.29) is 0 Å². The molecule has 2 heterocycles. The molecule has 0 unspecified atom stereocenters. The predicted molar refractivity (Wildman–Crippen MR) is 131 cm³/mol. The number of benzene rings is 1. The lowest BCUT2D eigenvalue weighted by Crippen LogP contribution is -2.64. The van der Waals surface area contributed by atoms with Crippen LogP contribution >= 0.6 is 0 Å². The Bertz CT molecular complexity index is 879. The van der Waals surface area contributed by atoms with Crippen molar-refractivity contribution in [3.63, 3.8) is 0 Å². The third-order valence-electron chi connectivity index (χ3n) is 10.1. The fraction of sp³-hybridized carbons (Fsp3) is 0.793. The van der Waals surface area contributed by atoms with E-state index in [0.717, 1.165) is 62.9 Å². The molecule has 7 fully saturated rings. The summed E-state index contributed by atoms with van der Waals surface area (Å²) in [5.41, 5.74) is 1.27. The Hall–Kier alpha value is -1.25. The van der Waals surface area contributed by atoms with E-state index in [2.05, 4.69) is 29.2 Å². The van der Waals surface area contributed by atoms with Crippen LogP contribution in [0, 0.1) is 23.7 Å². The van der Waals surface area contributed by atoms with E-state index >= 15 is 0 Å². The smallest absolute Gasteiger partial charge is 0.239 e. The molecule has 0 radical (unpaired) electrons. The van der Waals surface area contributed by atoms with Crippen molar-refractivity contribution in [1.29, 1.82) is 0 Å². The maximum atomic E-state index is 13.3. The first-order valence-corrected chi connectivity index (χ1v) is 14.4. The lowest BCUT2D eigenvalue weighted by atomic mass is 9.53. The Morgan fingerprint density at radius 2 is 1.53 bits per heavy atom. The average Bonchev–Trinajstić information content (AvgIpc) is 2.90. The number of hydrogen-bond donors (Lipinski definition) is 0. The monoisotopic (exact) mass is 501 g/mol. The molecule has 2 aliphatic heterocycles. The zero-order chi connectivity index (χ0) is 24.2. The van der Waals surface area contributed by atoms with Crippen LogP contribution in [-0.2, 0) is 19.6 Å². The molecular weight excluding hydrogens is 461 g/mol. The van der Waals surface area contributed by atoms with Gasteiger partial charge in [-0.2, -0.15) is 19.6 Å². The van der Waals surface area contributed by atoms with E-state index in [1.807, 2.05) is 0 Å². The van der Waals surface area contributed by atoms with E-state index in [9.17, 15) is 4.39 Å². The largest absolute Gasteiger partial charge is 0.492 e. The van der Waals surface area contributed by atoms with E-state index in [1.165, 1.54) is 37.7 Å². The molecule has 1 aromatic rings. The van der Waals surface area contributed by atoms with Crippen LogP contribution in [0.1, 0.15) is 82.1 Å². The minimum Gasteiger partial charge on any atom is -0.492 e. The van der Waals surface area contributed by atoms with Gasteiger partial charge in [-0.25, -0.2) is 4.39 Å². The van der Waals surface area contributed by atoms with Gasteiger partial charge in [-0.05, 0) is 93.2 Å². The quantitative estimate of drug-likeness (QED) is 0.467. The van der Waals surface area contributed by atoms with Crippen molar-refractivity contribution in [3.05, 3.63) is 29.8 Å². The molecule has 7 heteroatoms. The number of hydrogen-bond acceptors (Lipinski definition) is 6. The van der Waals surface area contributed by atoms with Crippen molar-refractivity contribution in [3.8, 4) is 5.75 Å². The van der Waals surface area contributed by atoms with Gasteiger partial charge in [-0.3, -0.25) is 4.90 Å². The molecule has 5 saturated carbocycles. The Balaban J connectivity index is 0.936. The highest BCUT2D eigenvalue weighted by molar-refractivity contribution is 5.30. The molecule has 2 saturated heterocycles. The number of halogens is 1. The van der Waals surface area contributed by atoms with Gasteiger partial charge < -0.3 is 4.74 Å². The van der Waals surface area contributed by atoms with Crippen LogP contribution in [0.25, 0.3) is 0 Å². The summed E-state index contributed by atoms with van der Waals surface area (Å²) in [6.07, 6.45) is 10.4. The molecule has 6 nitrogen and oxygen atoms in total.